The van der Waals surface area contributed by atoms with Gasteiger partial charge in [-0.3, -0.25) is 0 Å². The summed E-state index contributed by atoms with van der Waals surface area (Å²) in [5.74, 6) is -0.368. The third-order valence-corrected chi connectivity index (χ3v) is 4.49. The Morgan fingerprint density at radius 1 is 1.41 bits per heavy atom. The van der Waals surface area contributed by atoms with E-state index in [2.05, 4.69) is 15.9 Å². The molecule has 0 saturated heterocycles. The molecule has 0 amide bonds. The molecule has 1 unspecified atom stereocenters. The van der Waals surface area contributed by atoms with Gasteiger partial charge in [-0.15, -0.1) is 11.3 Å². The van der Waals surface area contributed by atoms with Crippen molar-refractivity contribution in [1.29, 1.82) is 0 Å². The molecule has 0 spiro atoms. The van der Waals surface area contributed by atoms with Crippen LogP contribution in [-0.2, 0) is 6.42 Å². The quantitative estimate of drug-likeness (QED) is 0.870. The molecule has 2 rings (SSSR count). The zero-order valence-corrected chi connectivity index (χ0v) is 11.8. The summed E-state index contributed by atoms with van der Waals surface area (Å²) < 4.78 is 13.8. The maximum Gasteiger partial charge on any atom is 0.124 e. The van der Waals surface area contributed by atoms with Gasteiger partial charge in [0.25, 0.3) is 0 Å². The third-order valence-electron chi connectivity index (χ3n) is 2.34. The average Bonchev–Trinajstić information content (AvgIpc) is 2.69. The van der Waals surface area contributed by atoms with Gasteiger partial charge >= 0.3 is 0 Å². The molecular weight excluding hydrogens is 327 g/mol. The summed E-state index contributed by atoms with van der Waals surface area (Å²) in [4.78, 5) is 0.859. The van der Waals surface area contributed by atoms with Gasteiger partial charge in [0.15, 0.2) is 0 Å². The molecule has 17 heavy (non-hydrogen) atoms. The molecule has 1 heterocycles. The average molecular weight is 336 g/mol. The summed E-state index contributed by atoms with van der Waals surface area (Å²) in [6.45, 7) is 0. The topological polar surface area (TPSA) is 20.2 Å². The van der Waals surface area contributed by atoms with E-state index >= 15 is 0 Å². The van der Waals surface area contributed by atoms with Crippen LogP contribution in [0, 0.1) is 5.82 Å². The van der Waals surface area contributed by atoms with Gasteiger partial charge in [0.1, 0.15) is 5.82 Å². The van der Waals surface area contributed by atoms with Crippen molar-refractivity contribution in [2.45, 2.75) is 12.5 Å². The Morgan fingerprint density at radius 2 is 2.18 bits per heavy atom. The molecule has 0 radical (unpaired) electrons. The Balaban J connectivity index is 2.15. The van der Waals surface area contributed by atoms with E-state index in [4.69, 9.17) is 11.6 Å². The second kappa shape index (κ2) is 5.48. The number of aliphatic hydroxyl groups is 1. The van der Waals surface area contributed by atoms with Gasteiger partial charge < -0.3 is 5.11 Å². The van der Waals surface area contributed by atoms with Gasteiger partial charge in [0.2, 0.25) is 0 Å². The van der Waals surface area contributed by atoms with E-state index in [-0.39, 0.29) is 5.82 Å². The molecule has 1 nitrogen and oxygen atoms in total. The van der Waals surface area contributed by atoms with Crippen LogP contribution in [0.5, 0.6) is 0 Å². The van der Waals surface area contributed by atoms with E-state index < -0.39 is 6.10 Å². The largest absolute Gasteiger partial charge is 0.387 e. The summed E-state index contributed by atoms with van der Waals surface area (Å²) in [7, 11) is 0. The van der Waals surface area contributed by atoms with Crippen molar-refractivity contribution < 1.29 is 9.50 Å². The monoisotopic (exact) mass is 334 g/mol. The van der Waals surface area contributed by atoms with E-state index in [0.717, 1.165) is 14.9 Å². The molecule has 2 aromatic rings. The number of halogens is 3. The van der Waals surface area contributed by atoms with E-state index in [1.165, 1.54) is 23.5 Å². The fourth-order valence-electron chi connectivity index (χ4n) is 1.50. The number of hydrogen-bond donors (Lipinski definition) is 1. The minimum Gasteiger partial charge on any atom is -0.387 e. The van der Waals surface area contributed by atoms with Gasteiger partial charge in [-0.1, -0.05) is 17.7 Å². The summed E-state index contributed by atoms with van der Waals surface area (Å²) >= 11 is 10.7. The lowest BCUT2D eigenvalue weighted by atomic mass is 10.1. The molecule has 1 atom stereocenters. The van der Waals surface area contributed by atoms with Crippen molar-refractivity contribution in [1.82, 2.24) is 0 Å². The van der Waals surface area contributed by atoms with Crippen LogP contribution in [0.4, 0.5) is 4.39 Å². The predicted octanol–water partition coefficient (Wildman–Crippen LogP) is 4.58. The van der Waals surface area contributed by atoms with Crippen molar-refractivity contribution in [3.8, 4) is 0 Å². The lowest BCUT2D eigenvalue weighted by Gasteiger charge is -2.09. The third kappa shape index (κ3) is 3.28. The van der Waals surface area contributed by atoms with Crippen LogP contribution in [0.3, 0.4) is 0 Å². The molecule has 1 aromatic heterocycles. The Kier molecular flexibility index (Phi) is 4.20. The van der Waals surface area contributed by atoms with Gasteiger partial charge in [-0.05, 0) is 39.7 Å². The molecule has 0 aliphatic carbocycles. The normalized spacial score (nSPS) is 12.7. The summed E-state index contributed by atoms with van der Waals surface area (Å²) in [6, 6.07) is 6.07. The van der Waals surface area contributed by atoms with Crippen LogP contribution in [0.2, 0.25) is 5.02 Å². The van der Waals surface area contributed by atoms with Gasteiger partial charge in [0, 0.05) is 26.2 Å². The number of thiophene rings is 1. The molecule has 0 saturated carbocycles. The van der Waals surface area contributed by atoms with Gasteiger partial charge in [-0.2, -0.15) is 0 Å². The van der Waals surface area contributed by atoms with E-state index in [0.29, 0.717) is 11.4 Å². The number of hydrogen-bond acceptors (Lipinski definition) is 2. The zero-order chi connectivity index (χ0) is 12.4. The van der Waals surface area contributed by atoms with Crippen molar-refractivity contribution in [3.63, 3.8) is 0 Å². The second-order valence-corrected chi connectivity index (χ2v) is 5.89. The SMILES string of the molecule is OC(Cc1ccc(F)cc1Cl)c1cc(Br)cs1. The first-order valence-electron chi connectivity index (χ1n) is 4.92. The highest BCUT2D eigenvalue weighted by atomic mass is 79.9. The Morgan fingerprint density at radius 3 is 2.76 bits per heavy atom. The van der Waals surface area contributed by atoms with Crippen LogP contribution in [0.1, 0.15) is 16.5 Å². The van der Waals surface area contributed by atoms with Crippen molar-refractivity contribution in [2.24, 2.45) is 0 Å². The van der Waals surface area contributed by atoms with E-state index in [1.54, 1.807) is 6.07 Å². The van der Waals surface area contributed by atoms with E-state index in [9.17, 15) is 9.50 Å². The molecule has 1 N–H and O–H groups in total. The number of benzene rings is 1. The number of aliphatic hydroxyl groups excluding tert-OH is 1. The van der Waals surface area contributed by atoms with Crippen molar-refractivity contribution >= 4 is 38.9 Å². The Labute approximate surface area is 116 Å². The zero-order valence-electron chi connectivity index (χ0n) is 8.66. The highest BCUT2D eigenvalue weighted by molar-refractivity contribution is 9.10. The standard InChI is InChI=1S/C12H9BrClFOS/c13-8-4-12(17-6-8)11(16)3-7-1-2-9(15)5-10(7)14/h1-2,4-6,11,16H,3H2. The minimum absolute atomic E-state index is 0.347. The molecule has 0 fully saturated rings. The van der Waals surface area contributed by atoms with Crippen LogP contribution < -0.4 is 0 Å². The molecule has 90 valence electrons. The maximum atomic E-state index is 12.9. The van der Waals surface area contributed by atoms with Gasteiger partial charge in [0.05, 0.1) is 6.10 Å². The predicted molar refractivity (Wildman–Crippen MR) is 72.1 cm³/mol. The molecule has 1 aromatic carbocycles. The minimum atomic E-state index is -0.616. The molecule has 5 heteroatoms. The van der Waals surface area contributed by atoms with E-state index in [1.807, 2.05) is 11.4 Å². The molecule has 0 aliphatic heterocycles. The smallest absolute Gasteiger partial charge is 0.124 e. The highest BCUT2D eigenvalue weighted by Gasteiger charge is 2.13. The van der Waals surface area contributed by atoms with Crippen LogP contribution in [0.15, 0.2) is 34.1 Å². The first kappa shape index (κ1) is 13.0. The fourth-order valence-corrected chi connectivity index (χ4v) is 3.17. The maximum absolute atomic E-state index is 12.9. The number of rotatable bonds is 3. The first-order chi connectivity index (χ1) is 8.06. The summed E-state index contributed by atoms with van der Waals surface area (Å²) in [5, 5.41) is 12.3. The second-order valence-electron chi connectivity index (χ2n) is 3.62. The first-order valence-corrected chi connectivity index (χ1v) is 6.97. The van der Waals surface area contributed by atoms with Crippen LogP contribution in [-0.4, -0.2) is 5.11 Å². The molecule has 0 bridgehead atoms. The van der Waals surface area contributed by atoms with Crippen molar-refractivity contribution in [2.75, 3.05) is 0 Å². The summed E-state index contributed by atoms with van der Waals surface area (Å²) in [6.07, 6.45) is -0.235. The lowest BCUT2D eigenvalue weighted by molar-refractivity contribution is 0.182. The fraction of sp³-hybridized carbons (Fsp3) is 0.167. The highest BCUT2D eigenvalue weighted by Crippen LogP contribution is 2.29. The molecular formula is C12H9BrClFOS. The Bertz CT molecular complexity index is 529. The summed E-state index contributed by atoms with van der Waals surface area (Å²) in [5.41, 5.74) is 0.741. The van der Waals surface area contributed by atoms with Gasteiger partial charge in [-0.25, -0.2) is 4.39 Å². The Hall–Kier alpha value is -0.420. The lowest BCUT2D eigenvalue weighted by Crippen LogP contribution is -2.00. The van der Waals surface area contributed by atoms with Crippen LogP contribution >= 0.6 is 38.9 Å². The van der Waals surface area contributed by atoms with Crippen LogP contribution in [0.25, 0.3) is 0 Å². The van der Waals surface area contributed by atoms with Crippen molar-refractivity contribution in [3.05, 3.63) is 55.4 Å². The molecule has 0 aliphatic rings.